The van der Waals surface area contributed by atoms with Gasteiger partial charge in [0, 0.05) is 5.56 Å². The molecule has 1 N–H and O–H groups in total. The predicted molar refractivity (Wildman–Crippen MR) is 61.6 cm³/mol. The molecule has 0 aliphatic rings. The summed E-state index contributed by atoms with van der Waals surface area (Å²) < 4.78 is 18.8. The van der Waals surface area contributed by atoms with Crippen LogP contribution in [0.3, 0.4) is 0 Å². The summed E-state index contributed by atoms with van der Waals surface area (Å²) in [6.45, 7) is 2.42. The van der Waals surface area contributed by atoms with Gasteiger partial charge >= 0.3 is 0 Å². The summed E-state index contributed by atoms with van der Waals surface area (Å²) in [7, 11) is 1.85. The van der Waals surface area contributed by atoms with E-state index in [1.54, 1.807) is 19.3 Å². The van der Waals surface area contributed by atoms with Crippen molar-refractivity contribution in [1.29, 1.82) is 0 Å². The third-order valence-electron chi connectivity index (χ3n) is 2.64. The van der Waals surface area contributed by atoms with Gasteiger partial charge in [-0.25, -0.2) is 4.39 Å². The Morgan fingerprint density at radius 3 is 2.81 bits per heavy atom. The van der Waals surface area contributed by atoms with Gasteiger partial charge in [0.1, 0.15) is 11.6 Å². The van der Waals surface area contributed by atoms with Crippen LogP contribution in [0, 0.1) is 12.7 Å². The summed E-state index contributed by atoms with van der Waals surface area (Å²) in [5.41, 5.74) is 2.49. The van der Waals surface area contributed by atoms with Gasteiger partial charge in [0.2, 0.25) is 0 Å². The fourth-order valence-electron chi connectivity index (χ4n) is 1.78. The minimum absolute atomic E-state index is 0.186. The second-order valence-corrected chi connectivity index (χ2v) is 3.70. The zero-order valence-electron chi connectivity index (χ0n) is 9.38. The molecule has 2 nitrogen and oxygen atoms in total. The van der Waals surface area contributed by atoms with Crippen LogP contribution in [0.5, 0.6) is 0 Å². The predicted octanol–water partition coefficient (Wildman–Crippen LogP) is 3.11. The molecule has 2 aromatic rings. The third kappa shape index (κ3) is 1.86. The van der Waals surface area contributed by atoms with Gasteiger partial charge in [-0.15, -0.1) is 0 Å². The van der Waals surface area contributed by atoms with Crippen molar-refractivity contribution in [2.24, 2.45) is 0 Å². The van der Waals surface area contributed by atoms with E-state index in [2.05, 4.69) is 5.32 Å². The molecule has 1 aromatic heterocycles. The maximum Gasteiger partial charge on any atom is 0.126 e. The average Bonchev–Trinajstić information content (AvgIpc) is 2.71. The van der Waals surface area contributed by atoms with Crippen molar-refractivity contribution in [3.05, 3.63) is 47.7 Å². The minimum Gasteiger partial charge on any atom is -0.467 e. The van der Waals surface area contributed by atoms with Gasteiger partial charge in [-0.05, 0) is 37.2 Å². The van der Waals surface area contributed by atoms with Gasteiger partial charge in [0.05, 0.1) is 12.8 Å². The molecular formula is C13H14FNO. The normalized spacial score (nSPS) is 10.7. The van der Waals surface area contributed by atoms with E-state index < -0.39 is 0 Å². The van der Waals surface area contributed by atoms with Crippen molar-refractivity contribution in [2.75, 3.05) is 7.05 Å². The molecule has 0 spiro atoms. The number of nitrogens with one attached hydrogen (secondary N) is 1. The van der Waals surface area contributed by atoms with Crippen LogP contribution in [0.2, 0.25) is 0 Å². The molecule has 0 saturated carbocycles. The molecule has 84 valence electrons. The molecule has 0 bridgehead atoms. The van der Waals surface area contributed by atoms with E-state index in [4.69, 9.17) is 4.42 Å². The molecule has 1 aromatic carbocycles. The smallest absolute Gasteiger partial charge is 0.126 e. The van der Waals surface area contributed by atoms with Crippen molar-refractivity contribution in [3.8, 4) is 11.1 Å². The number of hydrogen-bond acceptors (Lipinski definition) is 2. The lowest BCUT2D eigenvalue weighted by molar-refractivity contribution is 0.496. The molecule has 1 heterocycles. The number of furan rings is 1. The third-order valence-corrected chi connectivity index (χ3v) is 2.64. The highest BCUT2D eigenvalue weighted by Crippen LogP contribution is 2.28. The summed E-state index contributed by atoms with van der Waals surface area (Å²) >= 11 is 0. The van der Waals surface area contributed by atoms with Crippen LogP contribution in [0.1, 0.15) is 11.3 Å². The fourth-order valence-corrected chi connectivity index (χ4v) is 1.78. The molecule has 0 unspecified atom stereocenters. The molecule has 16 heavy (non-hydrogen) atoms. The molecule has 0 aliphatic heterocycles. The highest BCUT2D eigenvalue weighted by atomic mass is 19.1. The number of rotatable bonds is 3. The van der Waals surface area contributed by atoms with Crippen LogP contribution < -0.4 is 5.32 Å². The molecule has 0 saturated heterocycles. The Labute approximate surface area is 94.1 Å². The molecule has 0 amide bonds. The van der Waals surface area contributed by atoms with Crippen LogP contribution in [0.15, 0.2) is 34.9 Å². The first-order chi connectivity index (χ1) is 7.74. The monoisotopic (exact) mass is 219 g/mol. The summed E-state index contributed by atoms with van der Waals surface area (Å²) in [5, 5.41) is 3.03. The second kappa shape index (κ2) is 4.49. The van der Waals surface area contributed by atoms with Gasteiger partial charge < -0.3 is 9.73 Å². The van der Waals surface area contributed by atoms with Crippen molar-refractivity contribution >= 4 is 0 Å². The van der Waals surface area contributed by atoms with E-state index in [0.29, 0.717) is 12.1 Å². The van der Waals surface area contributed by atoms with Gasteiger partial charge in [-0.3, -0.25) is 0 Å². The number of benzene rings is 1. The standard InChI is InChI=1S/C13H14FNO/c1-9-10(4-3-5-12(9)14)11-6-7-16-13(11)8-15-2/h3-7,15H,8H2,1-2H3. The van der Waals surface area contributed by atoms with E-state index in [0.717, 1.165) is 16.9 Å². The van der Waals surface area contributed by atoms with Crippen LogP contribution >= 0.6 is 0 Å². The van der Waals surface area contributed by atoms with Crippen molar-refractivity contribution < 1.29 is 8.81 Å². The number of halogens is 1. The molecule has 0 radical (unpaired) electrons. The topological polar surface area (TPSA) is 25.2 Å². The largest absolute Gasteiger partial charge is 0.467 e. The Morgan fingerprint density at radius 1 is 1.25 bits per heavy atom. The molecule has 0 aliphatic carbocycles. The van der Waals surface area contributed by atoms with E-state index in [-0.39, 0.29) is 5.82 Å². The van der Waals surface area contributed by atoms with Gasteiger partial charge in [0.25, 0.3) is 0 Å². The lowest BCUT2D eigenvalue weighted by Crippen LogP contribution is -2.05. The lowest BCUT2D eigenvalue weighted by atomic mass is 10.0. The first-order valence-electron chi connectivity index (χ1n) is 5.20. The zero-order chi connectivity index (χ0) is 11.5. The minimum atomic E-state index is -0.186. The number of hydrogen-bond donors (Lipinski definition) is 1. The Morgan fingerprint density at radius 2 is 2.06 bits per heavy atom. The highest BCUT2D eigenvalue weighted by molar-refractivity contribution is 5.69. The van der Waals surface area contributed by atoms with E-state index in [9.17, 15) is 4.39 Å². The SMILES string of the molecule is CNCc1occc1-c1cccc(F)c1C. The zero-order valence-corrected chi connectivity index (χ0v) is 9.38. The summed E-state index contributed by atoms with van der Waals surface area (Å²) in [6, 6.07) is 6.96. The summed E-state index contributed by atoms with van der Waals surface area (Å²) in [6.07, 6.45) is 1.63. The molecule has 0 fully saturated rings. The quantitative estimate of drug-likeness (QED) is 0.858. The summed E-state index contributed by atoms with van der Waals surface area (Å²) in [5.74, 6) is 0.644. The molecule has 0 atom stereocenters. The van der Waals surface area contributed by atoms with E-state index in [1.165, 1.54) is 6.07 Å². The van der Waals surface area contributed by atoms with Gasteiger partial charge in [-0.2, -0.15) is 0 Å². The maximum absolute atomic E-state index is 13.4. The van der Waals surface area contributed by atoms with E-state index >= 15 is 0 Å². The Kier molecular flexibility index (Phi) is 3.06. The Balaban J connectivity index is 2.50. The lowest BCUT2D eigenvalue weighted by Gasteiger charge is -2.06. The van der Waals surface area contributed by atoms with Gasteiger partial charge in [-0.1, -0.05) is 12.1 Å². The van der Waals surface area contributed by atoms with Crippen molar-refractivity contribution in [3.63, 3.8) is 0 Å². The second-order valence-electron chi connectivity index (χ2n) is 3.70. The summed E-state index contributed by atoms with van der Waals surface area (Å²) in [4.78, 5) is 0. The van der Waals surface area contributed by atoms with Gasteiger partial charge in [0.15, 0.2) is 0 Å². The Hall–Kier alpha value is -1.61. The van der Waals surface area contributed by atoms with Crippen LogP contribution in [-0.4, -0.2) is 7.05 Å². The average molecular weight is 219 g/mol. The maximum atomic E-state index is 13.4. The molecule has 3 heteroatoms. The first-order valence-corrected chi connectivity index (χ1v) is 5.20. The van der Waals surface area contributed by atoms with Crippen LogP contribution in [0.4, 0.5) is 4.39 Å². The van der Waals surface area contributed by atoms with Crippen molar-refractivity contribution in [2.45, 2.75) is 13.5 Å². The fraction of sp³-hybridized carbons (Fsp3) is 0.231. The van der Waals surface area contributed by atoms with Crippen LogP contribution in [0.25, 0.3) is 11.1 Å². The molecule has 2 rings (SSSR count). The van der Waals surface area contributed by atoms with Crippen LogP contribution in [-0.2, 0) is 6.54 Å². The Bertz CT molecular complexity index is 490. The van der Waals surface area contributed by atoms with Crippen molar-refractivity contribution in [1.82, 2.24) is 5.32 Å². The first kappa shape index (κ1) is 10.9. The van der Waals surface area contributed by atoms with E-state index in [1.807, 2.05) is 19.2 Å². The highest BCUT2D eigenvalue weighted by Gasteiger charge is 2.11. The molecular weight excluding hydrogens is 205 g/mol.